The lowest BCUT2D eigenvalue weighted by atomic mass is 9.86. The van der Waals surface area contributed by atoms with Gasteiger partial charge in [0.15, 0.2) is 0 Å². The van der Waals surface area contributed by atoms with Crippen LogP contribution in [-0.2, 0) is 9.53 Å². The van der Waals surface area contributed by atoms with Gasteiger partial charge < -0.3 is 10.1 Å². The van der Waals surface area contributed by atoms with Gasteiger partial charge in [0.2, 0.25) is 0 Å². The summed E-state index contributed by atoms with van der Waals surface area (Å²) in [6, 6.07) is 4.06. The highest BCUT2D eigenvalue weighted by Crippen LogP contribution is 2.27. The molecule has 0 atom stereocenters. The van der Waals surface area contributed by atoms with Crippen molar-refractivity contribution in [3.8, 4) is 0 Å². The second-order valence-corrected chi connectivity index (χ2v) is 5.01. The van der Waals surface area contributed by atoms with Crippen molar-refractivity contribution in [3.05, 3.63) is 23.4 Å². The summed E-state index contributed by atoms with van der Waals surface area (Å²) in [4.78, 5) is 15.6. The molecule has 1 aromatic heterocycles. The molecular formula is C13H17ClN2O2. The van der Waals surface area contributed by atoms with E-state index in [0.717, 1.165) is 31.5 Å². The number of nitrogens with one attached hydrogen (secondary N) is 1. The molecule has 0 unspecified atom stereocenters. The average molecular weight is 269 g/mol. The average Bonchev–Trinajstić information content (AvgIpc) is 2.41. The van der Waals surface area contributed by atoms with E-state index in [4.69, 9.17) is 16.3 Å². The molecule has 4 nitrogen and oxygen atoms in total. The van der Waals surface area contributed by atoms with Crippen LogP contribution in [0.4, 0.5) is 5.82 Å². The molecule has 0 saturated heterocycles. The van der Waals surface area contributed by atoms with E-state index in [0.29, 0.717) is 11.1 Å². The Balaban J connectivity index is 1.83. The number of ether oxygens (including phenoxy) is 1. The summed E-state index contributed by atoms with van der Waals surface area (Å²) in [5.41, 5.74) is 0. The summed E-state index contributed by atoms with van der Waals surface area (Å²) in [5, 5.41) is 4.00. The molecule has 0 bridgehead atoms. The summed E-state index contributed by atoms with van der Waals surface area (Å²) in [6.45, 7) is 0. The first-order chi connectivity index (χ1) is 8.69. The number of halogens is 1. The predicted molar refractivity (Wildman–Crippen MR) is 70.6 cm³/mol. The van der Waals surface area contributed by atoms with E-state index in [1.165, 1.54) is 7.11 Å². The van der Waals surface area contributed by atoms with Gasteiger partial charge in [-0.25, -0.2) is 4.98 Å². The van der Waals surface area contributed by atoms with Gasteiger partial charge in [0.05, 0.1) is 18.1 Å². The van der Waals surface area contributed by atoms with Crippen molar-refractivity contribution in [3.63, 3.8) is 0 Å². The summed E-state index contributed by atoms with van der Waals surface area (Å²) in [5.74, 6) is 0.810. The predicted octanol–water partition coefficient (Wildman–Crippen LogP) is 2.88. The lowest BCUT2D eigenvalue weighted by molar-refractivity contribution is -0.146. The Bertz CT molecular complexity index is 400. The second-order valence-electron chi connectivity index (χ2n) is 4.58. The third-order valence-electron chi connectivity index (χ3n) is 3.34. The van der Waals surface area contributed by atoms with Gasteiger partial charge in [-0.3, -0.25) is 4.79 Å². The Morgan fingerprint density at radius 3 is 2.67 bits per heavy atom. The van der Waals surface area contributed by atoms with E-state index in [-0.39, 0.29) is 11.9 Å². The van der Waals surface area contributed by atoms with Crippen molar-refractivity contribution in [1.29, 1.82) is 0 Å². The number of nitrogens with zero attached hydrogens (tertiary/aromatic N) is 1. The molecule has 1 saturated carbocycles. The largest absolute Gasteiger partial charge is 0.469 e. The van der Waals surface area contributed by atoms with Gasteiger partial charge >= 0.3 is 5.97 Å². The lowest BCUT2D eigenvalue weighted by Crippen LogP contribution is -2.30. The molecule has 0 radical (unpaired) electrons. The minimum absolute atomic E-state index is 0.0613. The number of methoxy groups -OCH3 is 1. The molecule has 0 aliphatic heterocycles. The van der Waals surface area contributed by atoms with Crippen LogP contribution in [0.25, 0.3) is 0 Å². The van der Waals surface area contributed by atoms with Crippen LogP contribution in [0.2, 0.25) is 5.02 Å². The first-order valence-corrected chi connectivity index (χ1v) is 6.52. The zero-order valence-electron chi connectivity index (χ0n) is 10.4. The maximum atomic E-state index is 11.4. The van der Waals surface area contributed by atoms with E-state index in [1.54, 1.807) is 6.20 Å². The van der Waals surface area contributed by atoms with Crippen LogP contribution in [0.1, 0.15) is 25.7 Å². The van der Waals surface area contributed by atoms with Crippen LogP contribution in [0.5, 0.6) is 0 Å². The smallest absolute Gasteiger partial charge is 0.308 e. The summed E-state index contributed by atoms with van der Waals surface area (Å²) < 4.78 is 4.77. The molecule has 2 rings (SSSR count). The minimum Gasteiger partial charge on any atom is -0.469 e. The third-order valence-corrected chi connectivity index (χ3v) is 3.56. The van der Waals surface area contributed by atoms with E-state index < -0.39 is 0 Å². The molecule has 1 N–H and O–H groups in total. The fraction of sp³-hybridized carbons (Fsp3) is 0.538. The molecule has 98 valence electrons. The van der Waals surface area contributed by atoms with Crippen LogP contribution in [-0.4, -0.2) is 24.1 Å². The molecule has 1 aliphatic carbocycles. The topological polar surface area (TPSA) is 51.2 Å². The molecule has 1 aromatic rings. The first kappa shape index (κ1) is 13.1. The third kappa shape index (κ3) is 3.35. The van der Waals surface area contributed by atoms with Crippen LogP contribution < -0.4 is 5.32 Å². The van der Waals surface area contributed by atoms with Crippen molar-refractivity contribution in [2.75, 3.05) is 12.4 Å². The molecule has 0 spiro atoms. The molecule has 1 fully saturated rings. The number of esters is 1. The highest BCUT2D eigenvalue weighted by Gasteiger charge is 2.26. The van der Waals surface area contributed by atoms with Gasteiger partial charge in [-0.1, -0.05) is 11.6 Å². The standard InChI is InChI=1S/C13H17ClN2O2/c1-18-13(17)9-2-5-11(6-3-9)16-12-7-4-10(14)8-15-12/h4,7-9,11H,2-3,5-6H2,1H3,(H,15,16). The van der Waals surface area contributed by atoms with E-state index in [9.17, 15) is 4.79 Å². The molecular weight excluding hydrogens is 252 g/mol. The Morgan fingerprint density at radius 1 is 1.39 bits per heavy atom. The number of hydrogen-bond donors (Lipinski definition) is 1. The van der Waals surface area contributed by atoms with Gasteiger partial charge in [-0.05, 0) is 37.8 Å². The zero-order chi connectivity index (χ0) is 13.0. The Hall–Kier alpha value is -1.29. The quantitative estimate of drug-likeness (QED) is 0.857. The number of rotatable bonds is 3. The van der Waals surface area contributed by atoms with Crippen LogP contribution in [0, 0.1) is 5.92 Å². The van der Waals surface area contributed by atoms with E-state index in [2.05, 4.69) is 10.3 Å². The number of carbonyl (C=O) groups excluding carboxylic acids is 1. The molecule has 18 heavy (non-hydrogen) atoms. The highest BCUT2D eigenvalue weighted by atomic mass is 35.5. The van der Waals surface area contributed by atoms with Crippen molar-refractivity contribution in [2.24, 2.45) is 5.92 Å². The fourth-order valence-electron chi connectivity index (χ4n) is 2.31. The summed E-state index contributed by atoms with van der Waals surface area (Å²) in [6.07, 6.45) is 5.30. The Kier molecular flexibility index (Phi) is 4.42. The second kappa shape index (κ2) is 6.05. The summed E-state index contributed by atoms with van der Waals surface area (Å²) in [7, 11) is 1.45. The lowest BCUT2D eigenvalue weighted by Gasteiger charge is -2.27. The van der Waals surface area contributed by atoms with Crippen molar-refractivity contribution < 1.29 is 9.53 Å². The van der Waals surface area contributed by atoms with E-state index in [1.807, 2.05) is 12.1 Å². The molecule has 0 aromatic carbocycles. The number of hydrogen-bond acceptors (Lipinski definition) is 4. The van der Waals surface area contributed by atoms with Gasteiger partial charge in [0, 0.05) is 12.2 Å². The van der Waals surface area contributed by atoms with Gasteiger partial charge in [-0.15, -0.1) is 0 Å². The number of anilines is 1. The Morgan fingerprint density at radius 2 is 2.11 bits per heavy atom. The molecule has 1 aliphatic rings. The normalized spacial score (nSPS) is 23.4. The number of carbonyl (C=O) groups is 1. The number of aromatic nitrogens is 1. The fourth-order valence-corrected chi connectivity index (χ4v) is 2.42. The number of pyridine rings is 1. The van der Waals surface area contributed by atoms with Crippen molar-refractivity contribution in [2.45, 2.75) is 31.7 Å². The van der Waals surface area contributed by atoms with E-state index >= 15 is 0 Å². The molecule has 1 heterocycles. The summed E-state index contributed by atoms with van der Waals surface area (Å²) >= 11 is 5.78. The minimum atomic E-state index is -0.0851. The SMILES string of the molecule is COC(=O)C1CCC(Nc2ccc(Cl)cn2)CC1. The van der Waals surface area contributed by atoms with Gasteiger partial charge in [0.25, 0.3) is 0 Å². The molecule has 5 heteroatoms. The molecule has 0 amide bonds. The van der Waals surface area contributed by atoms with Crippen molar-refractivity contribution >= 4 is 23.4 Å². The first-order valence-electron chi connectivity index (χ1n) is 6.15. The van der Waals surface area contributed by atoms with Gasteiger partial charge in [0.1, 0.15) is 5.82 Å². The highest BCUT2D eigenvalue weighted by molar-refractivity contribution is 6.30. The maximum absolute atomic E-state index is 11.4. The zero-order valence-corrected chi connectivity index (χ0v) is 11.1. The maximum Gasteiger partial charge on any atom is 0.308 e. The Labute approximate surface area is 112 Å². The van der Waals surface area contributed by atoms with Crippen LogP contribution >= 0.6 is 11.6 Å². The monoisotopic (exact) mass is 268 g/mol. The van der Waals surface area contributed by atoms with Crippen LogP contribution in [0.15, 0.2) is 18.3 Å². The van der Waals surface area contributed by atoms with Gasteiger partial charge in [-0.2, -0.15) is 0 Å². The van der Waals surface area contributed by atoms with Crippen LogP contribution in [0.3, 0.4) is 0 Å². The van der Waals surface area contributed by atoms with Crippen molar-refractivity contribution in [1.82, 2.24) is 4.98 Å².